The molecule has 1 amide bonds. The van der Waals surface area contributed by atoms with E-state index in [0.29, 0.717) is 35.4 Å². The van der Waals surface area contributed by atoms with E-state index in [1.807, 2.05) is 17.9 Å². The highest BCUT2D eigenvalue weighted by atomic mass is 35.5. The average molecular weight is 306 g/mol. The molecule has 1 aromatic heterocycles. The molecule has 2 aromatic rings. The molecule has 1 saturated heterocycles. The van der Waals surface area contributed by atoms with E-state index in [9.17, 15) is 4.79 Å². The molecule has 1 aromatic carbocycles. The zero-order valence-corrected chi connectivity index (χ0v) is 12.7. The van der Waals surface area contributed by atoms with Crippen molar-refractivity contribution in [3.8, 4) is 0 Å². The summed E-state index contributed by atoms with van der Waals surface area (Å²) in [4.78, 5) is 18.7. The van der Waals surface area contributed by atoms with Crippen molar-refractivity contribution in [2.75, 3.05) is 13.1 Å². The molecule has 0 radical (unpaired) electrons. The summed E-state index contributed by atoms with van der Waals surface area (Å²) in [5.74, 6) is 1.37. The quantitative estimate of drug-likeness (QED) is 0.856. The van der Waals surface area contributed by atoms with Crippen LogP contribution in [0.1, 0.15) is 40.0 Å². The lowest BCUT2D eigenvalue weighted by atomic mass is 10.1. The molecular weight excluding hydrogens is 290 g/mol. The minimum Gasteiger partial charge on any atom is -0.339 e. The van der Waals surface area contributed by atoms with Crippen molar-refractivity contribution in [3.63, 3.8) is 0 Å². The van der Waals surface area contributed by atoms with Gasteiger partial charge in [0.25, 0.3) is 5.91 Å². The van der Waals surface area contributed by atoms with E-state index in [2.05, 4.69) is 10.1 Å². The smallest absolute Gasteiger partial charge is 0.254 e. The van der Waals surface area contributed by atoms with Gasteiger partial charge in [0.05, 0.1) is 5.92 Å². The number of rotatable bonds is 2. The van der Waals surface area contributed by atoms with Crippen LogP contribution in [0.5, 0.6) is 0 Å². The second kappa shape index (κ2) is 5.48. The SMILES string of the molecule is Cc1noc(C2CCN(C(=O)c3cc(Cl)ccc3C)C2)n1. The number of likely N-dealkylation sites (tertiary alicyclic amines) is 1. The van der Waals surface area contributed by atoms with Gasteiger partial charge in [-0.05, 0) is 38.0 Å². The third kappa shape index (κ3) is 2.78. The van der Waals surface area contributed by atoms with Gasteiger partial charge < -0.3 is 9.42 Å². The lowest BCUT2D eigenvalue weighted by molar-refractivity contribution is 0.0789. The highest BCUT2D eigenvalue weighted by molar-refractivity contribution is 6.31. The van der Waals surface area contributed by atoms with Gasteiger partial charge in [0.1, 0.15) is 0 Å². The minimum atomic E-state index is 0.00809. The molecule has 1 aliphatic rings. The molecule has 5 nitrogen and oxygen atoms in total. The van der Waals surface area contributed by atoms with Gasteiger partial charge >= 0.3 is 0 Å². The Morgan fingerprint density at radius 2 is 2.24 bits per heavy atom. The summed E-state index contributed by atoms with van der Waals surface area (Å²) in [6, 6.07) is 5.38. The molecule has 3 rings (SSSR count). The highest BCUT2D eigenvalue weighted by Gasteiger charge is 2.31. The van der Waals surface area contributed by atoms with E-state index in [1.54, 1.807) is 19.1 Å². The molecule has 0 saturated carbocycles. The summed E-state index contributed by atoms with van der Waals surface area (Å²) in [6.07, 6.45) is 0.840. The van der Waals surface area contributed by atoms with Crippen LogP contribution in [0, 0.1) is 13.8 Å². The topological polar surface area (TPSA) is 59.2 Å². The van der Waals surface area contributed by atoms with Crippen molar-refractivity contribution in [2.24, 2.45) is 0 Å². The molecule has 1 atom stereocenters. The number of halogens is 1. The third-order valence-electron chi connectivity index (χ3n) is 3.80. The second-order valence-electron chi connectivity index (χ2n) is 5.38. The summed E-state index contributed by atoms with van der Waals surface area (Å²) in [5.41, 5.74) is 1.59. The number of carbonyl (C=O) groups is 1. The molecule has 0 aliphatic carbocycles. The number of hydrogen-bond acceptors (Lipinski definition) is 4. The zero-order chi connectivity index (χ0) is 15.0. The molecular formula is C15H16ClN3O2. The molecule has 1 unspecified atom stereocenters. The summed E-state index contributed by atoms with van der Waals surface area (Å²) < 4.78 is 5.20. The lowest BCUT2D eigenvalue weighted by Gasteiger charge is -2.17. The molecule has 1 fully saturated rings. The number of nitrogens with zero attached hydrogens (tertiary/aromatic N) is 3. The molecule has 110 valence electrons. The van der Waals surface area contributed by atoms with Gasteiger partial charge in [0, 0.05) is 23.7 Å². The van der Waals surface area contributed by atoms with Crippen molar-refractivity contribution >= 4 is 17.5 Å². The van der Waals surface area contributed by atoms with Crippen LogP contribution in [0.3, 0.4) is 0 Å². The Bertz CT molecular complexity index is 683. The monoisotopic (exact) mass is 305 g/mol. The summed E-state index contributed by atoms with van der Waals surface area (Å²) >= 11 is 5.99. The van der Waals surface area contributed by atoms with E-state index in [4.69, 9.17) is 16.1 Å². The fourth-order valence-electron chi connectivity index (χ4n) is 2.62. The molecule has 2 heterocycles. The average Bonchev–Trinajstić information content (AvgIpc) is 3.09. The first-order valence-electron chi connectivity index (χ1n) is 6.90. The molecule has 0 spiro atoms. The van der Waals surface area contributed by atoms with Gasteiger partial charge in [0.15, 0.2) is 5.82 Å². The van der Waals surface area contributed by atoms with Crippen molar-refractivity contribution in [3.05, 3.63) is 46.1 Å². The highest BCUT2D eigenvalue weighted by Crippen LogP contribution is 2.28. The van der Waals surface area contributed by atoms with E-state index in [-0.39, 0.29) is 11.8 Å². The fourth-order valence-corrected chi connectivity index (χ4v) is 2.79. The molecule has 0 N–H and O–H groups in total. The Labute approximate surface area is 127 Å². The van der Waals surface area contributed by atoms with Crippen LogP contribution in [0.15, 0.2) is 22.7 Å². The maximum atomic E-state index is 12.6. The van der Waals surface area contributed by atoms with Crippen molar-refractivity contribution in [1.82, 2.24) is 15.0 Å². The normalized spacial score (nSPS) is 18.2. The Morgan fingerprint density at radius 3 is 2.95 bits per heavy atom. The van der Waals surface area contributed by atoms with Gasteiger partial charge in [-0.25, -0.2) is 0 Å². The van der Waals surface area contributed by atoms with Crippen LogP contribution in [0.25, 0.3) is 0 Å². The van der Waals surface area contributed by atoms with Crippen molar-refractivity contribution in [1.29, 1.82) is 0 Å². The van der Waals surface area contributed by atoms with Gasteiger partial charge in [-0.1, -0.05) is 22.8 Å². The van der Waals surface area contributed by atoms with E-state index < -0.39 is 0 Å². The van der Waals surface area contributed by atoms with Gasteiger partial charge in [-0.2, -0.15) is 4.98 Å². The first-order chi connectivity index (χ1) is 10.0. The standard InChI is InChI=1S/C15H16ClN3O2/c1-9-3-4-12(16)7-13(9)15(20)19-6-5-11(8-19)14-17-10(2)18-21-14/h3-4,7,11H,5-6,8H2,1-2H3. The zero-order valence-electron chi connectivity index (χ0n) is 12.0. The summed E-state index contributed by atoms with van der Waals surface area (Å²) in [5, 5.41) is 4.38. The Balaban J connectivity index is 1.76. The number of amides is 1. The van der Waals surface area contributed by atoms with Crippen LogP contribution in [-0.2, 0) is 0 Å². The van der Waals surface area contributed by atoms with Gasteiger partial charge in [0.2, 0.25) is 5.89 Å². The van der Waals surface area contributed by atoms with E-state index in [0.717, 1.165) is 12.0 Å². The molecule has 0 bridgehead atoms. The molecule has 21 heavy (non-hydrogen) atoms. The van der Waals surface area contributed by atoms with Crippen LogP contribution in [0.2, 0.25) is 5.02 Å². The van der Waals surface area contributed by atoms with Crippen LogP contribution < -0.4 is 0 Å². The lowest BCUT2D eigenvalue weighted by Crippen LogP contribution is -2.29. The maximum absolute atomic E-state index is 12.6. The number of benzene rings is 1. The first kappa shape index (κ1) is 14.1. The van der Waals surface area contributed by atoms with Crippen LogP contribution in [0.4, 0.5) is 0 Å². The Hall–Kier alpha value is -1.88. The van der Waals surface area contributed by atoms with Crippen LogP contribution in [-0.4, -0.2) is 34.0 Å². The first-order valence-corrected chi connectivity index (χ1v) is 7.28. The molecule has 1 aliphatic heterocycles. The number of aromatic nitrogens is 2. The Kier molecular flexibility index (Phi) is 3.68. The predicted octanol–water partition coefficient (Wildman–Crippen LogP) is 2.97. The van der Waals surface area contributed by atoms with Crippen molar-refractivity contribution < 1.29 is 9.32 Å². The third-order valence-corrected chi connectivity index (χ3v) is 4.03. The number of aryl methyl sites for hydroxylation is 2. The van der Waals surface area contributed by atoms with Gasteiger partial charge in [-0.3, -0.25) is 4.79 Å². The molecule has 6 heteroatoms. The maximum Gasteiger partial charge on any atom is 0.254 e. The Morgan fingerprint density at radius 1 is 1.43 bits per heavy atom. The summed E-state index contributed by atoms with van der Waals surface area (Å²) in [7, 11) is 0. The number of carbonyl (C=O) groups excluding carboxylic acids is 1. The minimum absolute atomic E-state index is 0.00809. The van der Waals surface area contributed by atoms with Crippen molar-refractivity contribution in [2.45, 2.75) is 26.2 Å². The second-order valence-corrected chi connectivity index (χ2v) is 5.81. The van der Waals surface area contributed by atoms with E-state index >= 15 is 0 Å². The fraction of sp³-hybridized carbons (Fsp3) is 0.400. The van der Waals surface area contributed by atoms with Crippen LogP contribution >= 0.6 is 11.6 Å². The largest absolute Gasteiger partial charge is 0.339 e. The summed E-state index contributed by atoms with van der Waals surface area (Å²) in [6.45, 7) is 5.00. The van der Waals surface area contributed by atoms with Gasteiger partial charge in [-0.15, -0.1) is 0 Å². The number of hydrogen-bond donors (Lipinski definition) is 0. The predicted molar refractivity (Wildman–Crippen MR) is 78.5 cm³/mol. The van der Waals surface area contributed by atoms with E-state index in [1.165, 1.54) is 0 Å².